The number of hydrogen-bond acceptors (Lipinski definition) is 9. The van der Waals surface area contributed by atoms with E-state index in [1.165, 1.54) is 56.7 Å². The fraction of sp³-hybridized carbons (Fsp3) is 0.0870. The number of aldehydes is 1. The quantitative estimate of drug-likeness (QED) is 0.235. The van der Waals surface area contributed by atoms with Crippen molar-refractivity contribution in [3.05, 3.63) is 71.3 Å². The second-order valence-electron chi connectivity index (χ2n) is 6.25. The number of aromatic carboxylic acids is 2. The van der Waals surface area contributed by atoms with Gasteiger partial charge in [-0.05, 0) is 54.6 Å². The van der Waals surface area contributed by atoms with Crippen LogP contribution in [0.2, 0.25) is 0 Å². The van der Waals surface area contributed by atoms with E-state index in [1.54, 1.807) is 0 Å². The van der Waals surface area contributed by atoms with Crippen molar-refractivity contribution in [3.63, 3.8) is 0 Å². The average molecular weight is 474 g/mol. The summed E-state index contributed by atoms with van der Waals surface area (Å²) in [4.78, 5) is 31.0. The Morgan fingerprint density at radius 3 is 1.53 bits per heavy atom. The van der Waals surface area contributed by atoms with E-state index in [9.17, 15) is 14.4 Å². The maximum atomic E-state index is 10.4. The highest BCUT2D eigenvalue weighted by atomic mass is 16.5. The molecule has 0 aliphatic rings. The molecule has 0 atom stereocenters. The van der Waals surface area contributed by atoms with E-state index >= 15 is 0 Å². The Morgan fingerprint density at radius 2 is 1.09 bits per heavy atom. The molecule has 3 rings (SSSR count). The van der Waals surface area contributed by atoms with Gasteiger partial charge in [-0.15, -0.1) is 0 Å². The topological polar surface area (TPSA) is 191 Å². The third-order valence-corrected chi connectivity index (χ3v) is 3.99. The first-order valence-electron chi connectivity index (χ1n) is 9.21. The summed E-state index contributed by atoms with van der Waals surface area (Å²) in [6.07, 6.45) is 0.696. The molecule has 0 saturated heterocycles. The van der Waals surface area contributed by atoms with Crippen LogP contribution in [-0.4, -0.2) is 63.1 Å². The summed E-state index contributed by atoms with van der Waals surface area (Å²) in [7, 11) is 2.80. The minimum Gasteiger partial charge on any atom is -0.504 e. The van der Waals surface area contributed by atoms with Crippen LogP contribution in [0.1, 0.15) is 31.1 Å². The van der Waals surface area contributed by atoms with Crippen LogP contribution >= 0.6 is 0 Å². The molecule has 6 N–H and O–H groups in total. The molecule has 11 heteroatoms. The molecule has 0 aliphatic carbocycles. The highest BCUT2D eigenvalue weighted by Crippen LogP contribution is 2.27. The van der Waals surface area contributed by atoms with Gasteiger partial charge in [0.25, 0.3) is 0 Å². The number of carbonyl (C=O) groups is 3. The first-order chi connectivity index (χ1) is 16.0. The molecule has 0 bridgehead atoms. The molecule has 34 heavy (non-hydrogen) atoms. The molecule has 0 radical (unpaired) electrons. The fourth-order valence-electron chi connectivity index (χ4n) is 2.23. The van der Waals surface area contributed by atoms with E-state index in [2.05, 4.69) is 0 Å². The van der Waals surface area contributed by atoms with Gasteiger partial charge in [0.2, 0.25) is 0 Å². The zero-order valence-electron chi connectivity index (χ0n) is 18.0. The lowest BCUT2D eigenvalue weighted by Gasteiger charge is -2.02. The van der Waals surface area contributed by atoms with Crippen molar-refractivity contribution in [2.24, 2.45) is 0 Å². The fourth-order valence-corrected chi connectivity index (χ4v) is 2.23. The molecule has 0 saturated carbocycles. The summed E-state index contributed by atoms with van der Waals surface area (Å²) < 4.78 is 9.50. The third-order valence-electron chi connectivity index (χ3n) is 3.99. The van der Waals surface area contributed by atoms with Crippen molar-refractivity contribution in [1.82, 2.24) is 0 Å². The number of carboxylic acids is 2. The molecule has 0 heterocycles. The highest BCUT2D eigenvalue weighted by molar-refractivity contribution is 5.89. The van der Waals surface area contributed by atoms with Crippen LogP contribution in [0.4, 0.5) is 0 Å². The number of aromatic hydroxyl groups is 4. The minimum absolute atomic E-state index is 0.0399. The maximum absolute atomic E-state index is 10.4. The summed E-state index contributed by atoms with van der Waals surface area (Å²) in [6, 6.07) is 11.6. The standard InChI is InChI=1S/C8H8O4.C8H8O3.C7H6O4/c1-12-7-4-5(8(10)11)2-3-6(7)9;1-11-8-4-6(5-9)2-3-7(8)10;8-5-2-1-4(7(10)11)3-6(5)9/h2-4,9H,1H3,(H,10,11);2-5,10H,1H3;1-3,8-9H,(H,10,11). The number of phenolic OH excluding ortho intramolecular Hbond substituents is 4. The number of benzene rings is 3. The van der Waals surface area contributed by atoms with Crippen molar-refractivity contribution < 1.29 is 54.5 Å². The molecule has 0 aliphatic heterocycles. The van der Waals surface area contributed by atoms with Crippen LogP contribution in [-0.2, 0) is 0 Å². The van der Waals surface area contributed by atoms with Gasteiger partial charge in [0.1, 0.15) is 6.29 Å². The van der Waals surface area contributed by atoms with Gasteiger partial charge in [-0.25, -0.2) is 9.59 Å². The van der Waals surface area contributed by atoms with E-state index in [0.717, 1.165) is 12.1 Å². The molecule has 0 fully saturated rings. The number of rotatable bonds is 5. The molecule has 3 aromatic carbocycles. The Morgan fingerprint density at radius 1 is 0.647 bits per heavy atom. The SMILES string of the molecule is COc1cc(C(=O)O)ccc1O.COc1cc(C=O)ccc1O.O=C(O)c1ccc(O)c(O)c1. The average Bonchev–Trinajstić information content (AvgIpc) is 2.82. The van der Waals surface area contributed by atoms with Gasteiger partial charge in [0.05, 0.1) is 25.3 Å². The van der Waals surface area contributed by atoms with Gasteiger partial charge in [-0.1, -0.05) is 0 Å². The van der Waals surface area contributed by atoms with Crippen LogP contribution in [0.25, 0.3) is 0 Å². The predicted octanol–water partition coefficient (Wildman–Crippen LogP) is 3.11. The largest absolute Gasteiger partial charge is 0.504 e. The second kappa shape index (κ2) is 12.8. The highest BCUT2D eigenvalue weighted by Gasteiger charge is 2.07. The smallest absolute Gasteiger partial charge is 0.335 e. The van der Waals surface area contributed by atoms with Crippen LogP contribution in [0.15, 0.2) is 54.6 Å². The van der Waals surface area contributed by atoms with Gasteiger partial charge < -0.3 is 40.1 Å². The lowest BCUT2D eigenvalue weighted by Crippen LogP contribution is -1.96. The molecule has 180 valence electrons. The van der Waals surface area contributed by atoms with Gasteiger partial charge in [-0.2, -0.15) is 0 Å². The molecule has 11 nitrogen and oxygen atoms in total. The maximum Gasteiger partial charge on any atom is 0.335 e. The molecule has 0 aromatic heterocycles. The monoisotopic (exact) mass is 474 g/mol. The summed E-state index contributed by atoms with van der Waals surface area (Å²) in [6.45, 7) is 0. The Labute approximate surface area is 193 Å². The molecular formula is C23H22O11. The molecule has 0 amide bonds. The number of methoxy groups -OCH3 is 2. The normalized spacial score (nSPS) is 9.35. The Kier molecular flexibility index (Phi) is 10.2. The van der Waals surface area contributed by atoms with Crippen LogP contribution in [0, 0.1) is 0 Å². The summed E-state index contributed by atoms with van der Waals surface area (Å²) >= 11 is 0. The molecule has 0 unspecified atom stereocenters. The lowest BCUT2D eigenvalue weighted by molar-refractivity contribution is 0.0685. The van der Waals surface area contributed by atoms with Crippen molar-refractivity contribution in [3.8, 4) is 34.5 Å². The minimum atomic E-state index is -1.14. The summed E-state index contributed by atoms with van der Waals surface area (Å²) in [5, 5.41) is 52.8. The predicted molar refractivity (Wildman–Crippen MR) is 118 cm³/mol. The Hall–Kier alpha value is -4.93. The number of phenols is 4. The Bertz CT molecular complexity index is 1160. The van der Waals surface area contributed by atoms with Crippen LogP contribution in [0.3, 0.4) is 0 Å². The number of carboxylic acid groups (broad SMARTS) is 2. The van der Waals surface area contributed by atoms with Gasteiger partial charge in [0.15, 0.2) is 34.5 Å². The number of hydrogen-bond donors (Lipinski definition) is 6. The van der Waals surface area contributed by atoms with Gasteiger partial charge in [-0.3, -0.25) is 4.79 Å². The number of carbonyl (C=O) groups excluding carboxylic acids is 1. The molecule has 3 aromatic rings. The Balaban J connectivity index is 0.000000255. The first-order valence-corrected chi connectivity index (χ1v) is 9.21. The van der Waals surface area contributed by atoms with Crippen LogP contribution in [0.5, 0.6) is 34.5 Å². The van der Waals surface area contributed by atoms with Crippen molar-refractivity contribution in [2.75, 3.05) is 14.2 Å². The van der Waals surface area contributed by atoms with E-state index in [4.69, 9.17) is 40.1 Å². The summed E-state index contributed by atoms with van der Waals surface area (Å²) in [5.41, 5.74) is 0.518. The van der Waals surface area contributed by atoms with E-state index in [-0.39, 0.29) is 34.1 Å². The number of ether oxygens (including phenoxy) is 2. The zero-order valence-corrected chi connectivity index (χ0v) is 18.0. The zero-order chi connectivity index (χ0) is 25.8. The van der Waals surface area contributed by atoms with Gasteiger partial charge >= 0.3 is 11.9 Å². The third kappa shape index (κ3) is 7.96. The van der Waals surface area contributed by atoms with E-state index < -0.39 is 17.7 Å². The van der Waals surface area contributed by atoms with E-state index in [1.807, 2.05) is 0 Å². The van der Waals surface area contributed by atoms with Crippen molar-refractivity contribution in [2.45, 2.75) is 0 Å². The molecule has 0 spiro atoms. The van der Waals surface area contributed by atoms with E-state index in [0.29, 0.717) is 17.6 Å². The molecular weight excluding hydrogens is 452 g/mol. The van der Waals surface area contributed by atoms with Crippen molar-refractivity contribution in [1.29, 1.82) is 0 Å². The van der Waals surface area contributed by atoms with Crippen molar-refractivity contribution >= 4 is 18.2 Å². The van der Waals surface area contributed by atoms with Gasteiger partial charge in [0, 0.05) is 5.56 Å². The second-order valence-corrected chi connectivity index (χ2v) is 6.25. The first kappa shape index (κ1) is 27.1. The summed E-state index contributed by atoms with van der Waals surface area (Å²) in [5.74, 6) is -2.49. The van der Waals surface area contributed by atoms with Crippen LogP contribution < -0.4 is 9.47 Å². The lowest BCUT2D eigenvalue weighted by atomic mass is 10.2.